The smallest absolute Gasteiger partial charge is 0.330 e. The number of carbonyl (C=O) groups excluding carboxylic acids is 1. The maximum atomic E-state index is 14.9. The van der Waals surface area contributed by atoms with Crippen LogP contribution in [0.3, 0.4) is 0 Å². The summed E-state index contributed by atoms with van der Waals surface area (Å²) < 4.78 is 48.1. The van der Waals surface area contributed by atoms with E-state index in [1.165, 1.54) is 54.6 Å². The van der Waals surface area contributed by atoms with E-state index in [9.17, 15) is 18.1 Å². The van der Waals surface area contributed by atoms with Crippen LogP contribution in [0.5, 0.6) is 0 Å². The summed E-state index contributed by atoms with van der Waals surface area (Å²) >= 11 is 0. The van der Waals surface area contributed by atoms with Gasteiger partial charge in [-0.05, 0) is 72.7 Å². The number of para-hydroxylation sites is 1. The Morgan fingerprint density at radius 2 is 1.71 bits per heavy atom. The van der Waals surface area contributed by atoms with Crippen LogP contribution in [-0.4, -0.2) is 17.6 Å². The molecule has 0 spiro atoms. The number of esters is 1. The topological polar surface area (TPSA) is 56.3 Å². The van der Waals surface area contributed by atoms with Crippen LogP contribution in [0.15, 0.2) is 84.9 Å². The Labute approximate surface area is 202 Å². The molecule has 0 saturated carbocycles. The van der Waals surface area contributed by atoms with Gasteiger partial charge in [-0.15, -0.1) is 0 Å². The minimum Gasteiger partial charge on any atom is -0.463 e. The first kappa shape index (κ1) is 24.5. The van der Waals surface area contributed by atoms with E-state index in [1.54, 1.807) is 6.07 Å². The van der Waals surface area contributed by atoms with Gasteiger partial charge in [-0.25, -0.2) is 18.6 Å². The van der Waals surface area contributed by atoms with E-state index in [2.05, 4.69) is 4.98 Å². The Balaban J connectivity index is 1.88. The Morgan fingerprint density at radius 1 is 0.971 bits per heavy atom. The summed E-state index contributed by atoms with van der Waals surface area (Å²) in [7, 11) is -3.69. The van der Waals surface area contributed by atoms with Crippen molar-refractivity contribution < 1.29 is 22.9 Å². The molecule has 0 aliphatic heterocycles. The molecule has 1 aromatic heterocycles. The van der Waals surface area contributed by atoms with Gasteiger partial charge in [-0.2, -0.15) is 0 Å². The third kappa shape index (κ3) is 5.39. The normalized spacial score (nSPS) is 13.1. The molecule has 1 atom stereocenters. The summed E-state index contributed by atoms with van der Waals surface area (Å²) in [6.45, 7) is 2.27. The Hall–Kier alpha value is -3.63. The van der Waals surface area contributed by atoms with Gasteiger partial charge in [0, 0.05) is 22.1 Å². The molecule has 0 aliphatic carbocycles. The van der Waals surface area contributed by atoms with Gasteiger partial charge in [0.25, 0.3) is 0 Å². The van der Waals surface area contributed by atoms with Crippen molar-refractivity contribution in [1.29, 1.82) is 0 Å². The number of hydrogen-bond acceptors (Lipinski definition) is 4. The highest BCUT2D eigenvalue weighted by Crippen LogP contribution is 2.43. The summed E-state index contributed by atoms with van der Waals surface area (Å²) in [6.07, 6.45) is 4.20. The van der Waals surface area contributed by atoms with Gasteiger partial charge < -0.3 is 9.30 Å². The van der Waals surface area contributed by atoms with E-state index >= 15 is 0 Å². The number of nitrogens with zero attached hydrogens (tertiary/aromatic N) is 1. The van der Waals surface area contributed by atoms with Crippen LogP contribution in [0.4, 0.5) is 8.78 Å². The van der Waals surface area contributed by atoms with Crippen LogP contribution >= 0.6 is 7.14 Å². The lowest BCUT2D eigenvalue weighted by molar-refractivity contribution is -0.137. The molecule has 0 radical (unpaired) electrons. The lowest BCUT2D eigenvalue weighted by Crippen LogP contribution is -2.28. The molecule has 178 valence electrons. The predicted molar refractivity (Wildman–Crippen MR) is 136 cm³/mol. The minimum atomic E-state index is -3.69. The summed E-state index contributed by atoms with van der Waals surface area (Å²) in [4.78, 5) is 16.8. The summed E-state index contributed by atoms with van der Waals surface area (Å²) in [6, 6.07) is 20.1. The van der Waals surface area contributed by atoms with E-state index < -0.39 is 24.7 Å². The third-order valence-corrected chi connectivity index (χ3v) is 8.57. The molecule has 1 heterocycles. The molecule has 0 N–H and O–H groups in total. The minimum absolute atomic E-state index is 0.250. The van der Waals surface area contributed by atoms with Crippen molar-refractivity contribution >= 4 is 46.1 Å². The molecule has 0 bridgehead atoms. The molecule has 0 amide bonds. The number of benzene rings is 3. The van der Waals surface area contributed by atoms with E-state index in [1.807, 2.05) is 37.3 Å². The summed E-state index contributed by atoms with van der Waals surface area (Å²) in [5, 5.41) is 1.50. The lowest BCUT2D eigenvalue weighted by Gasteiger charge is -2.21. The molecular weight excluding hydrogens is 467 g/mol. The maximum absolute atomic E-state index is 14.9. The van der Waals surface area contributed by atoms with Crippen molar-refractivity contribution in [2.75, 3.05) is 6.61 Å². The zero-order valence-electron chi connectivity index (χ0n) is 19.2. The standard InChI is InChI=1S/C28H24F2NO3P/c1-2-3-18-34-28(32)17-9-21-19-23(30)12-15-26(21)35(33,24-13-10-22(29)11-14-24)27-16-8-20-6-4-5-7-25(20)31-27/h4-17,19H,2-3,18H2,1H3. The number of unbranched alkanes of at least 4 members (excludes halogenated alkanes) is 1. The molecule has 4 nitrogen and oxygen atoms in total. The number of pyridine rings is 1. The second kappa shape index (κ2) is 10.7. The fourth-order valence-corrected chi connectivity index (χ4v) is 6.42. The summed E-state index contributed by atoms with van der Waals surface area (Å²) in [5.41, 5.74) is 1.17. The van der Waals surface area contributed by atoms with E-state index in [0.717, 1.165) is 18.2 Å². The Kier molecular flexibility index (Phi) is 7.52. The van der Waals surface area contributed by atoms with E-state index in [4.69, 9.17) is 4.74 Å². The zero-order chi connectivity index (χ0) is 24.8. The molecule has 1 unspecified atom stereocenters. The number of ether oxygens (including phenoxy) is 1. The molecule has 7 heteroatoms. The second-order valence-corrected chi connectivity index (χ2v) is 10.7. The van der Waals surface area contributed by atoms with Crippen molar-refractivity contribution in [2.45, 2.75) is 19.8 Å². The number of carbonyl (C=O) groups is 1. The number of fused-ring (bicyclic) bond motifs is 1. The SMILES string of the molecule is CCCCOC(=O)C=Cc1cc(F)ccc1P(=O)(c1ccc(F)cc1)c1ccc2ccccc2n1. The first-order chi connectivity index (χ1) is 16.9. The number of halogens is 2. The average molecular weight is 491 g/mol. The average Bonchev–Trinajstić information content (AvgIpc) is 2.87. The highest BCUT2D eigenvalue weighted by molar-refractivity contribution is 7.85. The fourth-order valence-electron chi connectivity index (χ4n) is 3.75. The predicted octanol–water partition coefficient (Wildman–Crippen LogP) is 5.51. The van der Waals surface area contributed by atoms with Crippen molar-refractivity contribution in [3.8, 4) is 0 Å². The van der Waals surface area contributed by atoms with Crippen LogP contribution in [0.1, 0.15) is 25.3 Å². The first-order valence-electron chi connectivity index (χ1n) is 11.3. The Morgan fingerprint density at radius 3 is 2.49 bits per heavy atom. The van der Waals surface area contributed by atoms with E-state index in [0.29, 0.717) is 10.8 Å². The monoisotopic (exact) mass is 491 g/mol. The highest BCUT2D eigenvalue weighted by Gasteiger charge is 2.33. The summed E-state index contributed by atoms with van der Waals surface area (Å²) in [5.74, 6) is -1.60. The molecular formula is C28H24F2NO3P. The van der Waals surface area contributed by atoms with Crippen LogP contribution in [-0.2, 0) is 14.1 Å². The van der Waals surface area contributed by atoms with Gasteiger partial charge >= 0.3 is 5.97 Å². The molecule has 35 heavy (non-hydrogen) atoms. The highest BCUT2D eigenvalue weighted by atomic mass is 31.2. The van der Waals surface area contributed by atoms with Gasteiger partial charge in [-0.1, -0.05) is 37.6 Å². The third-order valence-electron chi connectivity index (χ3n) is 5.57. The van der Waals surface area contributed by atoms with Gasteiger partial charge in [-0.3, -0.25) is 0 Å². The van der Waals surface area contributed by atoms with Crippen LogP contribution in [0, 0.1) is 11.6 Å². The lowest BCUT2D eigenvalue weighted by atomic mass is 10.2. The van der Waals surface area contributed by atoms with E-state index in [-0.39, 0.29) is 22.9 Å². The maximum Gasteiger partial charge on any atom is 0.330 e. The fraction of sp³-hybridized carbons (Fsp3) is 0.143. The Bertz CT molecular complexity index is 1430. The number of rotatable bonds is 8. The van der Waals surface area contributed by atoms with Gasteiger partial charge in [0.05, 0.1) is 12.1 Å². The van der Waals surface area contributed by atoms with Crippen LogP contribution < -0.4 is 16.0 Å². The van der Waals surface area contributed by atoms with Crippen molar-refractivity contribution in [2.24, 2.45) is 0 Å². The van der Waals surface area contributed by atoms with Gasteiger partial charge in [0.2, 0.25) is 0 Å². The van der Waals surface area contributed by atoms with Crippen molar-refractivity contribution in [3.63, 3.8) is 0 Å². The number of hydrogen-bond donors (Lipinski definition) is 0. The molecule has 4 aromatic rings. The zero-order valence-corrected chi connectivity index (χ0v) is 20.1. The van der Waals surface area contributed by atoms with Crippen molar-refractivity contribution in [3.05, 3.63) is 102 Å². The molecule has 0 saturated heterocycles. The molecule has 3 aromatic carbocycles. The molecule has 0 fully saturated rings. The van der Waals surface area contributed by atoms with Crippen LogP contribution in [0.25, 0.3) is 17.0 Å². The molecule has 4 rings (SSSR count). The second-order valence-electron chi connectivity index (χ2n) is 8.01. The number of aromatic nitrogens is 1. The van der Waals surface area contributed by atoms with Crippen LogP contribution in [0.2, 0.25) is 0 Å². The van der Waals surface area contributed by atoms with Gasteiger partial charge in [0.15, 0.2) is 7.14 Å². The van der Waals surface area contributed by atoms with Gasteiger partial charge in [0.1, 0.15) is 17.1 Å². The largest absolute Gasteiger partial charge is 0.463 e. The van der Waals surface area contributed by atoms with Crippen molar-refractivity contribution in [1.82, 2.24) is 4.98 Å². The molecule has 0 aliphatic rings. The first-order valence-corrected chi connectivity index (χ1v) is 13.0. The quantitative estimate of drug-likeness (QED) is 0.141.